The Morgan fingerprint density at radius 3 is 2.02 bits per heavy atom. The van der Waals surface area contributed by atoms with Gasteiger partial charge in [0.25, 0.3) is 0 Å². The number of rotatable bonds is 7. The average Bonchev–Trinajstić information content (AvgIpc) is 3.01. The van der Waals surface area contributed by atoms with Crippen molar-refractivity contribution in [2.24, 2.45) is 0 Å². The van der Waals surface area contributed by atoms with Gasteiger partial charge in [-0.25, -0.2) is 8.78 Å². The SMILES string of the molecule is O=C(Cc1cc(C(F)(F)F)cc(C(F)(F)F)c1)N1CCC[C@](CCN2CCN(C3CCCCC3)CC2)(c2ccc(F)c(F)c2)C1. The molecule has 1 aliphatic carbocycles. The molecule has 2 aromatic rings. The smallest absolute Gasteiger partial charge is 0.342 e. The van der Waals surface area contributed by atoms with Gasteiger partial charge in [-0.3, -0.25) is 9.69 Å². The maximum atomic E-state index is 14.5. The Bertz CT molecular complexity index is 1300. The van der Waals surface area contributed by atoms with Crippen molar-refractivity contribution < 1.29 is 39.9 Å². The van der Waals surface area contributed by atoms with Crippen LogP contribution in [0.3, 0.4) is 0 Å². The number of amides is 1. The molecule has 3 fully saturated rings. The van der Waals surface area contributed by atoms with Crippen LogP contribution in [0.25, 0.3) is 0 Å². The van der Waals surface area contributed by atoms with Gasteiger partial charge in [0.2, 0.25) is 5.91 Å². The summed E-state index contributed by atoms with van der Waals surface area (Å²) in [5, 5.41) is 0. The van der Waals surface area contributed by atoms with E-state index in [1.165, 1.54) is 43.1 Å². The van der Waals surface area contributed by atoms with Crippen molar-refractivity contribution in [3.8, 4) is 0 Å². The molecule has 1 saturated carbocycles. The molecule has 0 spiro atoms. The van der Waals surface area contributed by atoms with Gasteiger partial charge in [-0.2, -0.15) is 26.3 Å². The maximum Gasteiger partial charge on any atom is 0.416 e. The number of carbonyl (C=O) groups is 1. The summed E-state index contributed by atoms with van der Waals surface area (Å²) in [5.74, 6) is -2.63. The van der Waals surface area contributed by atoms with Crippen molar-refractivity contribution >= 4 is 5.91 Å². The molecule has 2 aliphatic heterocycles. The van der Waals surface area contributed by atoms with Crippen molar-refractivity contribution in [3.63, 3.8) is 0 Å². The summed E-state index contributed by atoms with van der Waals surface area (Å²) < 4.78 is 109. The Morgan fingerprint density at radius 2 is 1.42 bits per heavy atom. The van der Waals surface area contributed by atoms with E-state index in [1.807, 2.05) is 0 Å². The predicted octanol–water partition coefficient (Wildman–Crippen LogP) is 7.45. The second-order valence-corrected chi connectivity index (χ2v) is 12.8. The monoisotopic (exact) mass is 645 g/mol. The lowest BCUT2D eigenvalue weighted by Gasteiger charge is -2.46. The van der Waals surface area contributed by atoms with Gasteiger partial charge < -0.3 is 9.80 Å². The van der Waals surface area contributed by atoms with Gasteiger partial charge in [0, 0.05) is 50.7 Å². The Labute approximate surface area is 258 Å². The number of hydrogen-bond donors (Lipinski definition) is 0. The highest BCUT2D eigenvalue weighted by Gasteiger charge is 2.41. The van der Waals surface area contributed by atoms with Crippen LogP contribution in [0.1, 0.15) is 73.6 Å². The zero-order valence-electron chi connectivity index (χ0n) is 25.1. The molecular formula is C33H39F8N3O. The Hall–Kier alpha value is -2.73. The minimum atomic E-state index is -5.02. The fourth-order valence-corrected chi connectivity index (χ4v) is 7.33. The van der Waals surface area contributed by atoms with Gasteiger partial charge in [-0.1, -0.05) is 25.3 Å². The second-order valence-electron chi connectivity index (χ2n) is 12.8. The van der Waals surface area contributed by atoms with Crippen LogP contribution in [0.15, 0.2) is 36.4 Å². The Kier molecular flexibility index (Phi) is 10.1. The number of likely N-dealkylation sites (tertiary alicyclic amines) is 1. The average molecular weight is 646 g/mol. The van der Waals surface area contributed by atoms with Crippen molar-refractivity contribution in [1.29, 1.82) is 0 Å². The number of halogens is 8. The highest BCUT2D eigenvalue weighted by atomic mass is 19.4. The van der Waals surface area contributed by atoms with Crippen molar-refractivity contribution in [3.05, 3.63) is 70.3 Å². The first-order valence-electron chi connectivity index (χ1n) is 15.7. The van der Waals surface area contributed by atoms with E-state index in [4.69, 9.17) is 0 Å². The zero-order valence-corrected chi connectivity index (χ0v) is 25.1. The summed E-state index contributed by atoms with van der Waals surface area (Å²) in [7, 11) is 0. The normalized spacial score (nSPS) is 23.0. The number of nitrogens with zero attached hydrogens (tertiary/aromatic N) is 3. The third-order valence-corrected chi connectivity index (χ3v) is 9.87. The minimum absolute atomic E-state index is 0.0396. The van der Waals surface area contributed by atoms with E-state index >= 15 is 0 Å². The van der Waals surface area contributed by atoms with Gasteiger partial charge in [-0.15, -0.1) is 0 Å². The number of benzene rings is 2. The van der Waals surface area contributed by atoms with E-state index in [0.29, 0.717) is 49.5 Å². The lowest BCUT2D eigenvalue weighted by Crippen LogP contribution is -2.53. The fourth-order valence-electron chi connectivity index (χ4n) is 7.33. The number of alkyl halides is 6. The van der Waals surface area contributed by atoms with Crippen LogP contribution in [0.5, 0.6) is 0 Å². The summed E-state index contributed by atoms with van der Waals surface area (Å²) in [6.07, 6.45) is -2.83. The minimum Gasteiger partial charge on any atom is -0.342 e. The maximum absolute atomic E-state index is 14.5. The van der Waals surface area contributed by atoms with E-state index in [0.717, 1.165) is 38.3 Å². The van der Waals surface area contributed by atoms with E-state index in [1.54, 1.807) is 0 Å². The third kappa shape index (κ3) is 8.17. The van der Waals surface area contributed by atoms with Gasteiger partial charge in [0.15, 0.2) is 11.6 Å². The Morgan fingerprint density at radius 1 is 0.778 bits per heavy atom. The molecule has 0 radical (unpaired) electrons. The van der Waals surface area contributed by atoms with E-state index in [2.05, 4.69) is 9.80 Å². The predicted molar refractivity (Wildman–Crippen MR) is 154 cm³/mol. The van der Waals surface area contributed by atoms with Crippen molar-refractivity contribution in [2.75, 3.05) is 45.8 Å². The van der Waals surface area contributed by atoms with Crippen LogP contribution < -0.4 is 0 Å². The molecule has 3 aliphatic rings. The molecule has 45 heavy (non-hydrogen) atoms. The second kappa shape index (κ2) is 13.6. The molecule has 0 bridgehead atoms. The van der Waals surface area contributed by atoms with Crippen LogP contribution in [0, 0.1) is 11.6 Å². The van der Waals surface area contributed by atoms with Gasteiger partial charge >= 0.3 is 12.4 Å². The highest BCUT2D eigenvalue weighted by molar-refractivity contribution is 5.79. The first-order valence-corrected chi connectivity index (χ1v) is 15.7. The first-order chi connectivity index (χ1) is 21.2. The van der Waals surface area contributed by atoms with E-state index < -0.39 is 52.9 Å². The summed E-state index contributed by atoms with van der Waals surface area (Å²) >= 11 is 0. The molecule has 1 amide bonds. The molecule has 2 saturated heterocycles. The Balaban J connectivity index is 1.32. The van der Waals surface area contributed by atoms with Crippen LogP contribution in [0.4, 0.5) is 35.1 Å². The quantitative estimate of drug-likeness (QED) is 0.293. The van der Waals surface area contributed by atoms with Crippen molar-refractivity contribution in [1.82, 2.24) is 14.7 Å². The number of piperazine rings is 1. The van der Waals surface area contributed by atoms with E-state index in [-0.39, 0.29) is 24.7 Å². The summed E-state index contributed by atoms with van der Waals surface area (Å²) in [6, 6.07) is 5.52. The summed E-state index contributed by atoms with van der Waals surface area (Å²) in [4.78, 5) is 19.8. The first kappa shape index (κ1) is 33.6. The van der Waals surface area contributed by atoms with Gasteiger partial charge in [0.05, 0.1) is 17.5 Å². The molecule has 4 nitrogen and oxygen atoms in total. The lowest BCUT2D eigenvalue weighted by atomic mass is 9.71. The molecule has 12 heteroatoms. The molecule has 2 aromatic carbocycles. The molecule has 0 aromatic heterocycles. The van der Waals surface area contributed by atoms with Crippen LogP contribution in [-0.4, -0.2) is 72.5 Å². The van der Waals surface area contributed by atoms with Gasteiger partial charge in [0.1, 0.15) is 0 Å². The number of hydrogen-bond acceptors (Lipinski definition) is 3. The number of piperidine rings is 1. The molecule has 0 N–H and O–H groups in total. The molecule has 0 unspecified atom stereocenters. The highest BCUT2D eigenvalue weighted by Crippen LogP contribution is 2.40. The van der Waals surface area contributed by atoms with Crippen LogP contribution in [0.2, 0.25) is 0 Å². The van der Waals surface area contributed by atoms with Crippen LogP contribution in [-0.2, 0) is 29.0 Å². The van der Waals surface area contributed by atoms with E-state index in [9.17, 15) is 39.9 Å². The van der Waals surface area contributed by atoms with Crippen molar-refractivity contribution in [2.45, 2.75) is 81.6 Å². The standard InChI is InChI=1S/C33H39F8N3O/c34-28-8-7-24(21-29(28)35)31(10-12-42-13-15-43(16-14-42)27-5-2-1-3-6-27)9-4-11-44(22-31)30(45)19-23-17-25(32(36,37)38)20-26(18-23)33(39,40)41/h7-8,17-18,20-21,27H,1-6,9-16,19,22H2/t31-/m1/s1. The molecule has 1 atom stereocenters. The van der Waals surface area contributed by atoms with Gasteiger partial charge in [-0.05, 0) is 80.1 Å². The molecule has 248 valence electrons. The molecule has 5 rings (SSSR count). The summed E-state index contributed by atoms with van der Waals surface area (Å²) in [6.45, 7) is 4.64. The largest absolute Gasteiger partial charge is 0.416 e. The molecule has 2 heterocycles. The number of carbonyl (C=O) groups excluding carboxylic acids is 1. The fraction of sp³-hybridized carbons (Fsp3) is 0.606. The summed E-state index contributed by atoms with van der Waals surface area (Å²) in [5.41, 5.74) is -3.56. The van der Waals surface area contributed by atoms with Crippen LogP contribution >= 0.6 is 0 Å². The zero-order chi connectivity index (χ0) is 32.4. The third-order valence-electron chi connectivity index (χ3n) is 9.87. The topological polar surface area (TPSA) is 26.8 Å². The lowest BCUT2D eigenvalue weighted by molar-refractivity contribution is -0.143. The molecular weight excluding hydrogens is 606 g/mol.